The third-order valence-electron chi connectivity index (χ3n) is 7.10. The summed E-state index contributed by atoms with van der Waals surface area (Å²) in [6.07, 6.45) is 0.667. The van der Waals surface area contributed by atoms with E-state index in [0.717, 1.165) is 4.57 Å². The Morgan fingerprint density at radius 3 is 2.29 bits per heavy atom. The van der Waals surface area contributed by atoms with E-state index in [1.54, 1.807) is 68.4 Å². The molecule has 4 atom stereocenters. The number of urea groups is 1. The van der Waals surface area contributed by atoms with E-state index in [-0.39, 0.29) is 31.2 Å². The second-order valence-corrected chi connectivity index (χ2v) is 10.1. The summed E-state index contributed by atoms with van der Waals surface area (Å²) < 4.78 is 0.849. The number of hydrogen-bond acceptors (Lipinski definition) is 6. The lowest BCUT2D eigenvalue weighted by molar-refractivity contribution is -0.142. The van der Waals surface area contributed by atoms with Crippen LogP contribution < -0.4 is 32.9 Å². The lowest BCUT2D eigenvalue weighted by atomic mass is 9.96. The number of H-pyrrole nitrogens is 1. The molecule has 3 aromatic rings. The number of carboxylic acids is 1. The number of primary amides is 1. The van der Waals surface area contributed by atoms with E-state index in [0.29, 0.717) is 17.5 Å². The van der Waals surface area contributed by atoms with Crippen LogP contribution in [0.1, 0.15) is 44.7 Å². The fraction of sp³-hybridized carbons (Fsp3) is 0.379. The van der Waals surface area contributed by atoms with Gasteiger partial charge in [-0.05, 0) is 36.5 Å². The maximum atomic E-state index is 13.8. The first-order valence-electron chi connectivity index (χ1n) is 13.7. The molecule has 4 amide bonds. The van der Waals surface area contributed by atoms with Crippen LogP contribution >= 0.6 is 0 Å². The fourth-order valence-electron chi connectivity index (χ4n) is 4.59. The van der Waals surface area contributed by atoms with Crippen LogP contribution in [0, 0.1) is 5.92 Å². The SMILES string of the molecule is CCC(C)C(NC(=O)C(Cc1ccccc1)n1c(=O)[nH]c2ccccc2c1=O)C(=O)NC(CCCNC(N)=O)C(=O)O. The summed E-state index contributed by atoms with van der Waals surface area (Å²) in [5.74, 6) is -3.19. The molecule has 0 radical (unpaired) electrons. The molecule has 0 spiro atoms. The standard InChI is InChI=1S/C29H36N6O7/c1-3-17(2)23(25(37)32-21(27(39)40)14-9-15-31-28(30)41)34-24(36)22(16-18-10-5-4-6-11-18)35-26(38)19-12-7-8-13-20(19)33-29(35)42/h4-8,10-13,17,21-23H,3,9,14-16H2,1-2H3,(H,32,37)(H,33,42)(H,34,36)(H,39,40)(H3,30,31,41). The number of carboxylic acid groups (broad SMARTS) is 1. The van der Waals surface area contributed by atoms with E-state index in [9.17, 15) is 33.9 Å². The van der Waals surface area contributed by atoms with Gasteiger partial charge in [-0.2, -0.15) is 0 Å². The van der Waals surface area contributed by atoms with Crippen LogP contribution in [0.3, 0.4) is 0 Å². The number of para-hydroxylation sites is 1. The van der Waals surface area contributed by atoms with Crippen molar-refractivity contribution in [1.82, 2.24) is 25.5 Å². The van der Waals surface area contributed by atoms with Crippen LogP contribution in [0.15, 0.2) is 64.2 Å². The van der Waals surface area contributed by atoms with Gasteiger partial charge in [-0.15, -0.1) is 0 Å². The van der Waals surface area contributed by atoms with Crippen LogP contribution in [-0.2, 0) is 20.8 Å². The molecule has 13 heteroatoms. The molecule has 13 nitrogen and oxygen atoms in total. The summed E-state index contributed by atoms with van der Waals surface area (Å²) in [7, 11) is 0. The molecule has 2 aromatic carbocycles. The van der Waals surface area contributed by atoms with Crippen LogP contribution in [-0.4, -0.2) is 57.1 Å². The third-order valence-corrected chi connectivity index (χ3v) is 7.10. The number of hydrogen-bond donors (Lipinski definition) is 6. The van der Waals surface area contributed by atoms with E-state index in [1.165, 1.54) is 0 Å². The van der Waals surface area contributed by atoms with E-state index >= 15 is 0 Å². The van der Waals surface area contributed by atoms with Gasteiger partial charge >= 0.3 is 17.7 Å². The highest BCUT2D eigenvalue weighted by molar-refractivity contribution is 5.92. The number of amides is 4. The molecular formula is C29H36N6O7. The maximum Gasteiger partial charge on any atom is 0.329 e. The van der Waals surface area contributed by atoms with Crippen molar-refractivity contribution in [3.05, 3.63) is 81.0 Å². The Balaban J connectivity index is 1.93. The van der Waals surface area contributed by atoms with Gasteiger partial charge in [-0.1, -0.05) is 62.7 Å². The van der Waals surface area contributed by atoms with Gasteiger partial charge in [0.15, 0.2) is 0 Å². The molecule has 0 aliphatic heterocycles. The highest BCUT2D eigenvalue weighted by Crippen LogP contribution is 2.16. The first-order chi connectivity index (χ1) is 20.0. The third kappa shape index (κ3) is 8.05. The average molecular weight is 581 g/mol. The van der Waals surface area contributed by atoms with Crippen molar-refractivity contribution >= 4 is 34.7 Å². The topological polar surface area (TPSA) is 205 Å². The highest BCUT2D eigenvalue weighted by atomic mass is 16.4. The molecule has 0 aliphatic rings. The number of benzene rings is 2. The maximum absolute atomic E-state index is 13.8. The smallest absolute Gasteiger partial charge is 0.329 e. The van der Waals surface area contributed by atoms with E-state index in [2.05, 4.69) is 20.9 Å². The van der Waals surface area contributed by atoms with Crippen LogP contribution in [0.25, 0.3) is 10.9 Å². The van der Waals surface area contributed by atoms with Crippen molar-refractivity contribution in [3.63, 3.8) is 0 Å². The lowest BCUT2D eigenvalue weighted by Crippen LogP contribution is -2.56. The predicted molar refractivity (Wildman–Crippen MR) is 156 cm³/mol. The zero-order chi connectivity index (χ0) is 30.8. The van der Waals surface area contributed by atoms with Gasteiger partial charge in [-0.25, -0.2) is 19.0 Å². The summed E-state index contributed by atoms with van der Waals surface area (Å²) in [6.45, 7) is 3.65. The summed E-state index contributed by atoms with van der Waals surface area (Å²) in [5.41, 5.74) is 4.58. The zero-order valence-corrected chi connectivity index (χ0v) is 23.5. The number of fused-ring (bicyclic) bond motifs is 1. The summed E-state index contributed by atoms with van der Waals surface area (Å²) in [6, 6.07) is 10.7. The summed E-state index contributed by atoms with van der Waals surface area (Å²) >= 11 is 0. The molecule has 1 aromatic heterocycles. The number of nitrogens with zero attached hydrogens (tertiary/aromatic N) is 1. The molecule has 0 saturated heterocycles. The number of nitrogens with two attached hydrogens (primary N) is 1. The van der Waals surface area contributed by atoms with Gasteiger partial charge in [0.1, 0.15) is 18.1 Å². The zero-order valence-electron chi connectivity index (χ0n) is 23.5. The van der Waals surface area contributed by atoms with Crippen molar-refractivity contribution in [3.8, 4) is 0 Å². The Bertz CT molecular complexity index is 1530. The van der Waals surface area contributed by atoms with E-state index < -0.39 is 59.1 Å². The first kappa shape index (κ1) is 31.6. The minimum absolute atomic E-state index is 0.00101. The fourth-order valence-corrected chi connectivity index (χ4v) is 4.59. The Kier molecular flexibility index (Phi) is 11.0. The molecular weight excluding hydrogens is 544 g/mol. The molecule has 0 aliphatic carbocycles. The number of aromatic amines is 1. The first-order valence-corrected chi connectivity index (χ1v) is 13.7. The number of rotatable bonds is 14. The van der Waals surface area contributed by atoms with Gasteiger partial charge < -0.3 is 31.8 Å². The minimum Gasteiger partial charge on any atom is -0.480 e. The Hall–Kier alpha value is -4.94. The van der Waals surface area contributed by atoms with Crippen LogP contribution in [0.5, 0.6) is 0 Å². The van der Waals surface area contributed by atoms with E-state index in [1.807, 2.05) is 0 Å². The van der Waals surface area contributed by atoms with Crippen molar-refractivity contribution < 1.29 is 24.3 Å². The number of aliphatic carboxylic acids is 1. The Labute approximate surface area is 241 Å². The molecule has 224 valence electrons. The average Bonchev–Trinajstić information content (AvgIpc) is 2.96. The number of aromatic nitrogens is 2. The molecule has 42 heavy (non-hydrogen) atoms. The Morgan fingerprint density at radius 1 is 0.976 bits per heavy atom. The second-order valence-electron chi connectivity index (χ2n) is 10.1. The monoisotopic (exact) mass is 580 g/mol. The van der Waals surface area contributed by atoms with Gasteiger partial charge in [-0.3, -0.25) is 14.4 Å². The van der Waals surface area contributed by atoms with E-state index in [4.69, 9.17) is 5.73 Å². The van der Waals surface area contributed by atoms with Gasteiger partial charge in [0.25, 0.3) is 5.56 Å². The molecule has 4 unspecified atom stereocenters. The van der Waals surface area contributed by atoms with Crippen molar-refractivity contribution in [2.75, 3.05) is 6.54 Å². The number of nitrogens with one attached hydrogen (secondary N) is 4. The van der Waals surface area contributed by atoms with Crippen LogP contribution in [0.4, 0.5) is 4.79 Å². The predicted octanol–water partition coefficient (Wildman–Crippen LogP) is 1.02. The molecule has 7 N–H and O–H groups in total. The highest BCUT2D eigenvalue weighted by Gasteiger charge is 2.33. The van der Waals surface area contributed by atoms with Crippen molar-refractivity contribution in [2.24, 2.45) is 11.7 Å². The quantitative estimate of drug-likeness (QED) is 0.153. The largest absolute Gasteiger partial charge is 0.480 e. The second kappa shape index (κ2) is 14.6. The van der Waals surface area contributed by atoms with Gasteiger partial charge in [0, 0.05) is 13.0 Å². The van der Waals surface area contributed by atoms with Crippen molar-refractivity contribution in [2.45, 2.75) is 57.7 Å². The number of carbonyl (C=O) groups is 4. The summed E-state index contributed by atoms with van der Waals surface area (Å²) in [5, 5.41) is 17.4. The van der Waals surface area contributed by atoms with Crippen LogP contribution in [0.2, 0.25) is 0 Å². The van der Waals surface area contributed by atoms with Gasteiger partial charge in [0.05, 0.1) is 10.9 Å². The Morgan fingerprint density at radius 2 is 1.64 bits per heavy atom. The molecule has 3 rings (SSSR count). The molecule has 0 fully saturated rings. The molecule has 1 heterocycles. The molecule has 0 saturated carbocycles. The number of carbonyl (C=O) groups excluding carboxylic acids is 3. The lowest BCUT2D eigenvalue weighted by Gasteiger charge is -2.28. The normalized spacial score (nSPS) is 13.9. The summed E-state index contributed by atoms with van der Waals surface area (Å²) in [4.78, 5) is 79.2. The minimum atomic E-state index is -1.32. The molecule has 0 bridgehead atoms. The van der Waals surface area contributed by atoms with Crippen molar-refractivity contribution in [1.29, 1.82) is 0 Å². The van der Waals surface area contributed by atoms with Gasteiger partial charge in [0.2, 0.25) is 11.8 Å².